The molecule has 174 valence electrons. The van der Waals surface area contributed by atoms with Gasteiger partial charge in [-0.05, 0) is 25.0 Å². The molecule has 1 aromatic carbocycles. The molecule has 3 aromatic heterocycles. The molecule has 0 radical (unpaired) electrons. The zero-order chi connectivity index (χ0) is 23.1. The SMILES string of the molecule is O=c1[nH]c(O)c(/C=c2\cnn3c(=NC4CC4)nc(NCc4cccc5c4OCCCO5)nc23)[nH]1. The monoisotopic (exact) mass is 462 g/mol. The molecule has 2 aliphatic rings. The van der Waals surface area contributed by atoms with Gasteiger partial charge in [-0.25, -0.2) is 9.79 Å². The van der Waals surface area contributed by atoms with E-state index >= 15 is 0 Å². The fourth-order valence-electron chi connectivity index (χ4n) is 3.73. The molecule has 0 atom stereocenters. The summed E-state index contributed by atoms with van der Waals surface area (Å²) >= 11 is 0. The van der Waals surface area contributed by atoms with Gasteiger partial charge in [0.05, 0.1) is 25.5 Å². The Labute approximate surface area is 192 Å². The topological polar surface area (TPSA) is 155 Å². The standard InChI is InChI=1S/C22H22N8O4/c31-19-15(26-22(32)28-19)9-13-11-24-30-18(13)27-20(29-21(30)25-14-5-6-14)23-10-12-3-1-4-16-17(12)34-8-2-7-33-16/h1,3-4,9,11,14,31H,2,5-8,10H2,(H,23,25,29)(H2,26,28,32)/b13-9+. The van der Waals surface area contributed by atoms with Crippen molar-refractivity contribution >= 4 is 17.7 Å². The maximum Gasteiger partial charge on any atom is 0.326 e. The summed E-state index contributed by atoms with van der Waals surface area (Å²) < 4.78 is 13.2. The van der Waals surface area contributed by atoms with E-state index in [1.165, 1.54) is 0 Å². The Morgan fingerprint density at radius 2 is 2.12 bits per heavy atom. The number of benzene rings is 1. The van der Waals surface area contributed by atoms with Crippen molar-refractivity contribution in [1.82, 2.24) is 29.5 Å². The van der Waals surface area contributed by atoms with Crippen LogP contribution in [-0.2, 0) is 6.54 Å². The number of para-hydroxylation sites is 1. The van der Waals surface area contributed by atoms with Gasteiger partial charge >= 0.3 is 5.69 Å². The second-order valence-corrected chi connectivity index (χ2v) is 8.18. The van der Waals surface area contributed by atoms with E-state index in [-0.39, 0.29) is 17.6 Å². The molecule has 12 heteroatoms. The van der Waals surface area contributed by atoms with E-state index in [0.717, 1.165) is 36.3 Å². The first-order valence-corrected chi connectivity index (χ1v) is 11.1. The molecule has 0 saturated heterocycles. The van der Waals surface area contributed by atoms with E-state index in [9.17, 15) is 9.90 Å². The van der Waals surface area contributed by atoms with E-state index in [0.29, 0.717) is 42.2 Å². The summed E-state index contributed by atoms with van der Waals surface area (Å²) in [7, 11) is 0. The summed E-state index contributed by atoms with van der Waals surface area (Å²) in [6.07, 6.45) is 6.04. The Morgan fingerprint density at radius 3 is 2.94 bits per heavy atom. The maximum absolute atomic E-state index is 11.5. The number of imidazole rings is 1. The Kier molecular flexibility index (Phi) is 4.90. The van der Waals surface area contributed by atoms with E-state index in [4.69, 9.17) is 9.47 Å². The third-order valence-corrected chi connectivity index (χ3v) is 5.55. The molecular weight excluding hydrogens is 440 g/mol. The molecule has 4 N–H and O–H groups in total. The van der Waals surface area contributed by atoms with Gasteiger partial charge in [0.25, 0.3) is 5.62 Å². The fraction of sp³-hybridized carbons (Fsp3) is 0.318. The number of fused-ring (bicyclic) bond motifs is 2. The molecule has 1 saturated carbocycles. The van der Waals surface area contributed by atoms with Crippen LogP contribution in [0, 0.1) is 0 Å². The summed E-state index contributed by atoms with van der Waals surface area (Å²) in [5.41, 5.74) is 1.59. The van der Waals surface area contributed by atoms with Crippen molar-refractivity contribution in [2.45, 2.75) is 31.8 Å². The fourth-order valence-corrected chi connectivity index (χ4v) is 3.73. The molecule has 0 bridgehead atoms. The predicted molar refractivity (Wildman–Crippen MR) is 121 cm³/mol. The highest BCUT2D eigenvalue weighted by Crippen LogP contribution is 2.33. The molecule has 0 amide bonds. The van der Waals surface area contributed by atoms with Crippen molar-refractivity contribution in [3.8, 4) is 17.4 Å². The summed E-state index contributed by atoms with van der Waals surface area (Å²) in [4.78, 5) is 30.2. The summed E-state index contributed by atoms with van der Waals surface area (Å²) in [5.74, 6) is 1.57. The number of hydrogen-bond acceptors (Lipinski definition) is 9. The van der Waals surface area contributed by atoms with Gasteiger partial charge in [0.15, 0.2) is 17.1 Å². The van der Waals surface area contributed by atoms with E-state index in [2.05, 4.69) is 35.3 Å². The highest BCUT2D eigenvalue weighted by molar-refractivity contribution is 5.57. The van der Waals surface area contributed by atoms with E-state index in [1.54, 1.807) is 16.8 Å². The van der Waals surface area contributed by atoms with Gasteiger partial charge in [0, 0.05) is 23.7 Å². The molecule has 4 heterocycles. The molecule has 0 unspecified atom stereocenters. The van der Waals surface area contributed by atoms with Crippen molar-refractivity contribution in [3.63, 3.8) is 0 Å². The summed E-state index contributed by atoms with van der Waals surface area (Å²) in [5, 5.41) is 18.2. The molecule has 34 heavy (non-hydrogen) atoms. The number of aromatic hydroxyl groups is 1. The Hall–Kier alpha value is -4.35. The first kappa shape index (κ1) is 20.3. The first-order chi connectivity index (χ1) is 16.6. The molecular formula is C22H22N8O4. The number of ether oxygens (including phenoxy) is 2. The van der Waals surface area contributed by atoms with E-state index < -0.39 is 5.69 Å². The van der Waals surface area contributed by atoms with Crippen LogP contribution in [-0.4, -0.2) is 53.9 Å². The van der Waals surface area contributed by atoms with Gasteiger partial charge in [-0.3, -0.25) is 4.98 Å². The number of hydrogen-bond donors (Lipinski definition) is 4. The van der Waals surface area contributed by atoms with Crippen molar-refractivity contribution in [2.24, 2.45) is 4.99 Å². The lowest BCUT2D eigenvalue weighted by Gasteiger charge is -2.13. The second-order valence-electron chi connectivity index (χ2n) is 8.18. The average molecular weight is 462 g/mol. The second kappa shape index (κ2) is 8.21. The highest BCUT2D eigenvalue weighted by atomic mass is 16.5. The normalized spacial score (nSPS) is 16.7. The zero-order valence-electron chi connectivity index (χ0n) is 18.1. The number of nitrogens with one attached hydrogen (secondary N) is 3. The van der Waals surface area contributed by atoms with Gasteiger partial charge in [0.2, 0.25) is 11.8 Å². The lowest BCUT2D eigenvalue weighted by molar-refractivity contribution is 0.296. The van der Waals surface area contributed by atoms with Crippen molar-refractivity contribution < 1.29 is 14.6 Å². The number of rotatable bonds is 5. The van der Waals surface area contributed by atoms with Crippen LogP contribution >= 0.6 is 0 Å². The van der Waals surface area contributed by atoms with Crippen LogP contribution in [0.5, 0.6) is 17.4 Å². The quantitative estimate of drug-likeness (QED) is 0.329. The highest BCUT2D eigenvalue weighted by Gasteiger charge is 2.21. The summed E-state index contributed by atoms with van der Waals surface area (Å²) in [6, 6.07) is 6.02. The zero-order valence-corrected chi connectivity index (χ0v) is 18.1. The Balaban J connectivity index is 1.40. The average Bonchev–Trinajstić information content (AvgIpc) is 3.53. The molecule has 1 fully saturated rings. The molecule has 1 aliphatic carbocycles. The number of aromatic nitrogens is 6. The molecule has 12 nitrogen and oxygen atoms in total. The van der Waals surface area contributed by atoms with Crippen LogP contribution in [0.15, 0.2) is 34.2 Å². The molecule has 0 spiro atoms. The van der Waals surface area contributed by atoms with Crippen LogP contribution in [0.2, 0.25) is 0 Å². The molecule has 1 aliphatic heterocycles. The third-order valence-electron chi connectivity index (χ3n) is 5.55. The van der Waals surface area contributed by atoms with Crippen LogP contribution in [0.4, 0.5) is 5.95 Å². The maximum atomic E-state index is 11.5. The molecule has 6 rings (SSSR count). The van der Waals surface area contributed by atoms with Crippen LogP contribution < -0.4 is 31.3 Å². The third kappa shape index (κ3) is 3.93. The number of H-pyrrole nitrogens is 2. The summed E-state index contributed by atoms with van der Waals surface area (Å²) in [6.45, 7) is 1.64. The van der Waals surface area contributed by atoms with Crippen molar-refractivity contribution in [2.75, 3.05) is 18.5 Å². The van der Waals surface area contributed by atoms with Crippen molar-refractivity contribution in [1.29, 1.82) is 0 Å². The van der Waals surface area contributed by atoms with Gasteiger partial charge in [0.1, 0.15) is 5.69 Å². The number of aromatic amines is 2. The van der Waals surface area contributed by atoms with E-state index in [1.807, 2.05) is 18.2 Å². The lowest BCUT2D eigenvalue weighted by Crippen LogP contribution is -2.24. The molecule has 4 aromatic rings. The number of nitrogens with zero attached hydrogens (tertiary/aromatic N) is 5. The van der Waals surface area contributed by atoms with Gasteiger partial charge in [-0.2, -0.15) is 19.6 Å². The minimum absolute atomic E-state index is 0.225. The van der Waals surface area contributed by atoms with Gasteiger partial charge in [-0.15, -0.1) is 0 Å². The first-order valence-electron chi connectivity index (χ1n) is 11.1. The smallest absolute Gasteiger partial charge is 0.326 e. The van der Waals surface area contributed by atoms with Crippen LogP contribution in [0.1, 0.15) is 30.5 Å². The van der Waals surface area contributed by atoms with Crippen molar-refractivity contribution in [3.05, 3.63) is 57.0 Å². The lowest BCUT2D eigenvalue weighted by atomic mass is 10.2. The Bertz CT molecular complexity index is 1550. The van der Waals surface area contributed by atoms with Crippen LogP contribution in [0.25, 0.3) is 11.7 Å². The minimum atomic E-state index is -0.505. The number of anilines is 1. The Morgan fingerprint density at radius 1 is 1.24 bits per heavy atom. The largest absolute Gasteiger partial charge is 0.493 e. The predicted octanol–water partition coefficient (Wildman–Crippen LogP) is 0.231. The van der Waals surface area contributed by atoms with Gasteiger partial charge < -0.3 is 24.9 Å². The van der Waals surface area contributed by atoms with Gasteiger partial charge in [-0.1, -0.05) is 12.1 Å². The minimum Gasteiger partial charge on any atom is -0.493 e. The van der Waals surface area contributed by atoms with Crippen LogP contribution in [0.3, 0.4) is 0 Å².